The number of amides is 2. The summed E-state index contributed by atoms with van der Waals surface area (Å²) in [6.45, 7) is 8.02. The Hall–Kier alpha value is -2.89. The number of halogens is 5. The van der Waals surface area contributed by atoms with Crippen molar-refractivity contribution in [2.24, 2.45) is 5.73 Å². The highest BCUT2D eigenvalue weighted by Crippen LogP contribution is 2.39. The number of hydrogen-bond acceptors (Lipinski definition) is 5. The Bertz CT molecular complexity index is 1190. The third-order valence-corrected chi connectivity index (χ3v) is 6.33. The van der Waals surface area contributed by atoms with E-state index in [2.05, 4.69) is 4.98 Å². The average molecular weight is 563 g/mol. The van der Waals surface area contributed by atoms with Crippen molar-refractivity contribution in [2.75, 3.05) is 19.6 Å². The summed E-state index contributed by atoms with van der Waals surface area (Å²) in [5.41, 5.74) is 10.2. The van der Waals surface area contributed by atoms with Crippen LogP contribution in [0.15, 0.2) is 18.2 Å². The number of carbonyl (C=O) groups excluding carboxylic acids is 2. The van der Waals surface area contributed by atoms with Gasteiger partial charge in [-0.1, -0.05) is 29.3 Å². The van der Waals surface area contributed by atoms with Crippen molar-refractivity contribution in [3.63, 3.8) is 0 Å². The van der Waals surface area contributed by atoms with Crippen LogP contribution in [0, 0.1) is 6.92 Å². The van der Waals surface area contributed by atoms with E-state index in [1.165, 1.54) is 0 Å². The summed E-state index contributed by atoms with van der Waals surface area (Å²) >= 11 is 12.5. The molecule has 2 amide bonds. The molecule has 0 fully saturated rings. The molecule has 1 aromatic carbocycles. The Morgan fingerprint density at radius 2 is 1.78 bits per heavy atom. The van der Waals surface area contributed by atoms with Gasteiger partial charge in [0.25, 0.3) is 5.91 Å². The number of nitrogens with zero attached hydrogens (tertiary/aromatic N) is 3. The fourth-order valence-corrected chi connectivity index (χ4v) is 4.45. The molecule has 1 aliphatic rings. The fraction of sp³-hybridized carbons (Fsp3) is 0.417. The van der Waals surface area contributed by atoms with E-state index in [0.717, 1.165) is 11.3 Å². The molecule has 1 aliphatic heterocycles. The minimum atomic E-state index is -5.08. The maximum atomic E-state index is 13.3. The molecule has 0 radical (unpaired) electrons. The molecule has 0 bridgehead atoms. The van der Waals surface area contributed by atoms with Crippen LogP contribution in [-0.2, 0) is 22.7 Å². The smallest absolute Gasteiger partial charge is 0.475 e. The molecule has 13 heteroatoms. The molecule has 0 saturated carbocycles. The average Bonchev–Trinajstić information content (AvgIpc) is 3.12. The summed E-state index contributed by atoms with van der Waals surface area (Å²) in [5.74, 6) is -2.87. The van der Waals surface area contributed by atoms with Gasteiger partial charge in [-0.15, -0.1) is 0 Å². The molecule has 3 N–H and O–H groups in total. The molecular weight excluding hydrogens is 536 g/mol. The Kier molecular flexibility index (Phi) is 10.3. The highest BCUT2D eigenvalue weighted by molar-refractivity contribution is 6.36. The van der Waals surface area contributed by atoms with Crippen molar-refractivity contribution < 1.29 is 32.7 Å². The predicted molar refractivity (Wildman–Crippen MR) is 133 cm³/mol. The van der Waals surface area contributed by atoms with Crippen LogP contribution in [0.2, 0.25) is 10.0 Å². The largest absolute Gasteiger partial charge is 0.490 e. The summed E-state index contributed by atoms with van der Waals surface area (Å²) < 4.78 is 31.7. The second-order valence-electron chi connectivity index (χ2n) is 8.05. The third kappa shape index (κ3) is 7.12. The van der Waals surface area contributed by atoms with E-state index in [-0.39, 0.29) is 24.8 Å². The quantitative estimate of drug-likeness (QED) is 0.506. The lowest BCUT2D eigenvalue weighted by Gasteiger charge is -2.21. The summed E-state index contributed by atoms with van der Waals surface area (Å²) in [4.78, 5) is 42.7. The van der Waals surface area contributed by atoms with Gasteiger partial charge in [-0.3, -0.25) is 14.6 Å². The van der Waals surface area contributed by atoms with Gasteiger partial charge < -0.3 is 20.6 Å². The maximum Gasteiger partial charge on any atom is 0.490 e. The van der Waals surface area contributed by atoms with Crippen molar-refractivity contribution >= 4 is 41.0 Å². The lowest BCUT2D eigenvalue weighted by molar-refractivity contribution is -0.192. The van der Waals surface area contributed by atoms with Crippen LogP contribution in [0.4, 0.5) is 13.2 Å². The number of hydrogen-bond donors (Lipinski definition) is 2. The topological polar surface area (TPSA) is 117 Å². The van der Waals surface area contributed by atoms with Crippen LogP contribution in [0.25, 0.3) is 11.1 Å². The van der Waals surface area contributed by atoms with Gasteiger partial charge in [0.15, 0.2) is 0 Å². The van der Waals surface area contributed by atoms with Gasteiger partial charge in [-0.05, 0) is 38.5 Å². The molecule has 2 heterocycles. The van der Waals surface area contributed by atoms with Gasteiger partial charge in [0, 0.05) is 59.5 Å². The molecule has 3 rings (SSSR count). The summed E-state index contributed by atoms with van der Waals surface area (Å²) in [7, 11) is 0. The minimum absolute atomic E-state index is 0.0384. The lowest BCUT2D eigenvalue weighted by atomic mass is 9.93. The van der Waals surface area contributed by atoms with Gasteiger partial charge in [-0.2, -0.15) is 13.2 Å². The number of carboxylic acid groups (broad SMARTS) is 1. The number of nitrogens with two attached hydrogens (primary N) is 1. The van der Waals surface area contributed by atoms with Crippen LogP contribution >= 0.6 is 23.2 Å². The number of carboxylic acids is 1. The van der Waals surface area contributed by atoms with Crippen LogP contribution in [0.5, 0.6) is 0 Å². The van der Waals surface area contributed by atoms with Crippen molar-refractivity contribution in [3.8, 4) is 11.1 Å². The Balaban J connectivity index is 0.000000604. The molecule has 0 unspecified atom stereocenters. The Morgan fingerprint density at radius 3 is 2.27 bits per heavy atom. The first-order chi connectivity index (χ1) is 17.3. The van der Waals surface area contributed by atoms with Gasteiger partial charge in [-0.25, -0.2) is 4.79 Å². The van der Waals surface area contributed by atoms with Gasteiger partial charge in [0.2, 0.25) is 5.91 Å². The number of alkyl halides is 3. The van der Waals surface area contributed by atoms with E-state index < -0.39 is 12.1 Å². The molecule has 37 heavy (non-hydrogen) atoms. The molecule has 1 aromatic heterocycles. The molecule has 0 saturated heterocycles. The van der Waals surface area contributed by atoms with Crippen LogP contribution in [-0.4, -0.2) is 63.5 Å². The molecule has 0 aliphatic carbocycles. The lowest BCUT2D eigenvalue weighted by Crippen LogP contribution is -2.34. The molecular formula is C24H27Cl2F3N4O4. The standard InChI is InChI=1S/C22H26Cl2N4O2.C2HF3O2/c1-4-27(5-2)19(29)8-9-28-12-18-21(22(28)30)20(16(11-25)13(3)26-18)15-7-6-14(23)10-17(15)24;3-2(4,5)1(6)7/h6-7,10H,4-5,8-9,11-12,25H2,1-3H3;(H,6,7). The zero-order valence-corrected chi connectivity index (χ0v) is 22.0. The van der Waals surface area contributed by atoms with E-state index in [9.17, 15) is 22.8 Å². The summed E-state index contributed by atoms with van der Waals surface area (Å²) in [5, 5.41) is 8.09. The van der Waals surface area contributed by atoms with Crippen molar-refractivity contribution in [1.82, 2.24) is 14.8 Å². The van der Waals surface area contributed by atoms with Crippen LogP contribution in [0.3, 0.4) is 0 Å². The highest BCUT2D eigenvalue weighted by atomic mass is 35.5. The van der Waals surface area contributed by atoms with E-state index in [1.807, 2.05) is 20.8 Å². The summed E-state index contributed by atoms with van der Waals surface area (Å²) in [6.07, 6.45) is -4.80. The number of carbonyl (C=O) groups is 3. The summed E-state index contributed by atoms with van der Waals surface area (Å²) in [6, 6.07) is 5.20. The molecule has 202 valence electrons. The zero-order chi connectivity index (χ0) is 28.1. The molecule has 0 spiro atoms. The van der Waals surface area contributed by atoms with Gasteiger partial charge in [0.05, 0.1) is 17.8 Å². The van der Waals surface area contributed by atoms with E-state index in [0.29, 0.717) is 58.6 Å². The number of benzene rings is 1. The van der Waals surface area contributed by atoms with Crippen LogP contribution in [0.1, 0.15) is 47.6 Å². The number of fused-ring (bicyclic) bond motifs is 1. The number of pyridine rings is 1. The number of aliphatic carboxylic acids is 1. The first kappa shape index (κ1) is 30.3. The second-order valence-corrected chi connectivity index (χ2v) is 8.89. The van der Waals surface area contributed by atoms with Crippen molar-refractivity contribution in [3.05, 3.63) is 50.8 Å². The van der Waals surface area contributed by atoms with Crippen LogP contribution < -0.4 is 5.73 Å². The number of aryl methyl sites for hydroxylation is 1. The molecule has 0 atom stereocenters. The van der Waals surface area contributed by atoms with Crippen molar-refractivity contribution in [2.45, 2.75) is 46.5 Å². The number of aromatic nitrogens is 1. The van der Waals surface area contributed by atoms with E-state index >= 15 is 0 Å². The van der Waals surface area contributed by atoms with E-state index in [1.54, 1.807) is 28.0 Å². The minimum Gasteiger partial charge on any atom is -0.475 e. The zero-order valence-electron chi connectivity index (χ0n) is 20.5. The molecule has 8 nitrogen and oxygen atoms in total. The monoisotopic (exact) mass is 562 g/mol. The van der Waals surface area contributed by atoms with E-state index in [4.69, 9.17) is 38.8 Å². The third-order valence-electron chi connectivity index (χ3n) is 5.78. The normalized spacial score (nSPS) is 12.7. The van der Waals surface area contributed by atoms with Crippen molar-refractivity contribution in [1.29, 1.82) is 0 Å². The first-order valence-corrected chi connectivity index (χ1v) is 12.1. The SMILES string of the molecule is CCN(CC)C(=O)CCN1Cc2nc(C)c(CN)c(-c3ccc(Cl)cc3Cl)c2C1=O.O=C(O)C(F)(F)F. The van der Waals surface area contributed by atoms with Gasteiger partial charge >= 0.3 is 12.1 Å². The number of rotatable bonds is 7. The fourth-order valence-electron chi connectivity index (χ4n) is 3.94. The molecule has 2 aromatic rings. The van der Waals surface area contributed by atoms with Gasteiger partial charge in [0.1, 0.15) is 0 Å². The highest BCUT2D eigenvalue weighted by Gasteiger charge is 2.38. The Morgan fingerprint density at radius 1 is 1.19 bits per heavy atom. The Labute approximate surface area is 222 Å². The second kappa shape index (κ2) is 12.6. The predicted octanol–water partition coefficient (Wildman–Crippen LogP) is 4.67. The first-order valence-electron chi connectivity index (χ1n) is 11.3. The maximum absolute atomic E-state index is 13.3.